The average molecular weight is 138 g/mol. The Morgan fingerprint density at radius 1 is 1.50 bits per heavy atom. The lowest BCUT2D eigenvalue weighted by Crippen LogP contribution is -2.42. The van der Waals surface area contributed by atoms with Crippen LogP contribution in [-0.2, 0) is 4.79 Å². The van der Waals surface area contributed by atoms with Gasteiger partial charge in [-0.25, -0.2) is 0 Å². The summed E-state index contributed by atoms with van der Waals surface area (Å²) in [5.74, 6) is 1.24. The van der Waals surface area contributed by atoms with Crippen molar-refractivity contribution in [2.45, 2.75) is 39.0 Å². The molecule has 56 valence electrons. The van der Waals surface area contributed by atoms with Crippen LogP contribution in [0.15, 0.2) is 0 Å². The van der Waals surface area contributed by atoms with E-state index in [0.29, 0.717) is 11.7 Å². The van der Waals surface area contributed by atoms with E-state index in [0.717, 1.165) is 6.42 Å². The van der Waals surface area contributed by atoms with E-state index in [4.69, 9.17) is 0 Å². The molecule has 0 N–H and O–H groups in total. The van der Waals surface area contributed by atoms with Gasteiger partial charge in [-0.05, 0) is 25.2 Å². The first kappa shape index (κ1) is 6.38. The van der Waals surface area contributed by atoms with E-state index in [9.17, 15) is 4.79 Å². The van der Waals surface area contributed by atoms with Crippen LogP contribution in [0.3, 0.4) is 0 Å². The van der Waals surface area contributed by atoms with Crippen molar-refractivity contribution in [1.82, 2.24) is 0 Å². The van der Waals surface area contributed by atoms with Crippen molar-refractivity contribution < 1.29 is 4.79 Å². The molecule has 0 saturated heterocycles. The number of carbonyl (C=O) groups is 1. The monoisotopic (exact) mass is 138 g/mol. The van der Waals surface area contributed by atoms with Crippen molar-refractivity contribution in [1.29, 1.82) is 0 Å². The minimum atomic E-state index is 0.194. The Labute approximate surface area is 61.8 Å². The van der Waals surface area contributed by atoms with Gasteiger partial charge in [-0.3, -0.25) is 4.79 Å². The maximum Gasteiger partial charge on any atom is 0.139 e. The Balaban J connectivity index is 2.21. The van der Waals surface area contributed by atoms with Crippen LogP contribution in [0, 0.1) is 11.3 Å². The minimum absolute atomic E-state index is 0.194. The summed E-state index contributed by atoms with van der Waals surface area (Å²) in [6, 6.07) is 0. The largest absolute Gasteiger partial charge is 0.299 e. The molecule has 0 amide bonds. The Bertz CT molecular complexity index is 174. The maximum absolute atomic E-state index is 11.3. The van der Waals surface area contributed by atoms with E-state index in [1.807, 2.05) is 0 Å². The van der Waals surface area contributed by atoms with E-state index in [1.54, 1.807) is 0 Å². The lowest BCUT2D eigenvalue weighted by atomic mass is 9.62. The molecular weight excluding hydrogens is 124 g/mol. The smallest absolute Gasteiger partial charge is 0.139 e. The zero-order chi connectivity index (χ0) is 7.19. The fraction of sp³-hybridized carbons (Fsp3) is 0.889. The van der Waals surface area contributed by atoms with Gasteiger partial charge in [0.25, 0.3) is 0 Å². The van der Waals surface area contributed by atoms with Crippen molar-refractivity contribution in [2.75, 3.05) is 0 Å². The van der Waals surface area contributed by atoms with Crippen LogP contribution in [0.2, 0.25) is 0 Å². The van der Waals surface area contributed by atoms with Crippen LogP contribution in [0.25, 0.3) is 0 Å². The molecule has 0 aromatic rings. The zero-order valence-electron chi connectivity index (χ0n) is 6.52. The number of hydrogen-bond acceptors (Lipinski definition) is 1. The lowest BCUT2D eigenvalue weighted by molar-refractivity contribution is -0.140. The molecule has 2 aliphatic carbocycles. The number of carbonyl (C=O) groups excluding carboxylic acids is 1. The van der Waals surface area contributed by atoms with E-state index in [1.165, 1.54) is 25.7 Å². The average Bonchev–Trinajstić information content (AvgIpc) is 2.30. The molecule has 0 heterocycles. The highest BCUT2D eigenvalue weighted by molar-refractivity contribution is 5.90. The highest BCUT2D eigenvalue weighted by atomic mass is 16.1. The van der Waals surface area contributed by atoms with E-state index >= 15 is 0 Å². The molecule has 0 aromatic carbocycles. The van der Waals surface area contributed by atoms with Gasteiger partial charge < -0.3 is 0 Å². The first-order valence-electron chi connectivity index (χ1n) is 4.29. The highest BCUT2D eigenvalue weighted by Gasteiger charge is 2.51. The normalized spacial score (nSPS) is 46.1. The molecule has 2 aliphatic rings. The molecule has 0 aliphatic heterocycles. The van der Waals surface area contributed by atoms with Crippen LogP contribution in [0.5, 0.6) is 0 Å². The molecule has 10 heavy (non-hydrogen) atoms. The molecule has 1 heteroatoms. The van der Waals surface area contributed by atoms with Crippen molar-refractivity contribution >= 4 is 5.78 Å². The molecule has 2 saturated carbocycles. The maximum atomic E-state index is 11.3. The van der Waals surface area contributed by atoms with Gasteiger partial charge in [0, 0.05) is 11.8 Å². The number of rotatable bonds is 0. The van der Waals surface area contributed by atoms with Crippen LogP contribution < -0.4 is 0 Å². The zero-order valence-corrected chi connectivity index (χ0v) is 6.52. The van der Waals surface area contributed by atoms with Gasteiger partial charge in [0.05, 0.1) is 0 Å². The molecule has 0 radical (unpaired) electrons. The third kappa shape index (κ3) is 0.561. The van der Waals surface area contributed by atoms with Crippen molar-refractivity contribution in [2.24, 2.45) is 11.3 Å². The molecule has 1 spiro atoms. The Morgan fingerprint density at radius 3 is 2.50 bits per heavy atom. The van der Waals surface area contributed by atoms with E-state index in [2.05, 4.69) is 6.92 Å². The quantitative estimate of drug-likeness (QED) is 0.501. The highest BCUT2D eigenvalue weighted by Crippen LogP contribution is 2.53. The summed E-state index contributed by atoms with van der Waals surface area (Å²) >= 11 is 0. The molecule has 2 rings (SSSR count). The second-order valence-corrected chi connectivity index (χ2v) is 3.87. The molecule has 2 atom stereocenters. The van der Waals surface area contributed by atoms with Crippen LogP contribution in [0.1, 0.15) is 39.0 Å². The topological polar surface area (TPSA) is 17.1 Å². The fourth-order valence-electron chi connectivity index (χ4n) is 2.58. The van der Waals surface area contributed by atoms with Crippen molar-refractivity contribution in [3.63, 3.8) is 0 Å². The number of Topliss-reactive ketones (excluding diaryl/α,β-unsaturated/α-hetero) is 1. The summed E-state index contributed by atoms with van der Waals surface area (Å²) in [6.45, 7) is 2.24. The Kier molecular flexibility index (Phi) is 1.17. The van der Waals surface area contributed by atoms with Gasteiger partial charge in [0.2, 0.25) is 0 Å². The molecule has 0 unspecified atom stereocenters. The molecule has 1 nitrogen and oxygen atoms in total. The second kappa shape index (κ2) is 1.84. The molecule has 2 fully saturated rings. The van der Waals surface area contributed by atoms with E-state index in [-0.39, 0.29) is 5.41 Å². The van der Waals surface area contributed by atoms with Gasteiger partial charge in [0.1, 0.15) is 5.78 Å². The summed E-state index contributed by atoms with van der Waals surface area (Å²) < 4.78 is 0. The summed E-state index contributed by atoms with van der Waals surface area (Å²) in [5, 5.41) is 0. The first-order valence-corrected chi connectivity index (χ1v) is 4.29. The molecule has 0 aromatic heterocycles. The summed E-state index contributed by atoms with van der Waals surface area (Å²) in [7, 11) is 0. The SMILES string of the molecule is C[C@H]1CCC[C@]12CCC2=O. The van der Waals surface area contributed by atoms with Crippen molar-refractivity contribution in [3.05, 3.63) is 0 Å². The number of ketones is 1. The lowest BCUT2D eigenvalue weighted by Gasteiger charge is -2.40. The van der Waals surface area contributed by atoms with Gasteiger partial charge in [0.15, 0.2) is 0 Å². The van der Waals surface area contributed by atoms with Gasteiger partial charge in [-0.15, -0.1) is 0 Å². The van der Waals surface area contributed by atoms with Crippen molar-refractivity contribution in [3.8, 4) is 0 Å². The minimum Gasteiger partial charge on any atom is -0.299 e. The third-order valence-electron chi connectivity index (χ3n) is 3.56. The Morgan fingerprint density at radius 2 is 2.30 bits per heavy atom. The molecular formula is C9H14O. The first-order chi connectivity index (χ1) is 4.76. The van der Waals surface area contributed by atoms with Gasteiger partial charge in [-0.1, -0.05) is 13.3 Å². The summed E-state index contributed by atoms with van der Waals surface area (Å²) in [4.78, 5) is 11.3. The third-order valence-corrected chi connectivity index (χ3v) is 3.56. The summed E-state index contributed by atoms with van der Waals surface area (Å²) in [5.41, 5.74) is 0.194. The Hall–Kier alpha value is -0.330. The van der Waals surface area contributed by atoms with Crippen LogP contribution >= 0.6 is 0 Å². The van der Waals surface area contributed by atoms with Gasteiger partial charge in [-0.2, -0.15) is 0 Å². The second-order valence-electron chi connectivity index (χ2n) is 3.87. The van der Waals surface area contributed by atoms with Crippen LogP contribution in [-0.4, -0.2) is 5.78 Å². The van der Waals surface area contributed by atoms with Gasteiger partial charge >= 0.3 is 0 Å². The molecule has 0 bridgehead atoms. The summed E-state index contributed by atoms with van der Waals surface area (Å²) in [6.07, 6.45) is 5.81. The predicted octanol–water partition coefficient (Wildman–Crippen LogP) is 2.16. The fourth-order valence-corrected chi connectivity index (χ4v) is 2.58. The van der Waals surface area contributed by atoms with Crippen LogP contribution in [0.4, 0.5) is 0 Å². The standard InChI is InChI=1S/C9H14O/c1-7-3-2-5-9(7)6-4-8(9)10/h7H,2-6H2,1H3/t7-,9-/m0/s1. The number of hydrogen-bond donors (Lipinski definition) is 0. The van der Waals surface area contributed by atoms with E-state index < -0.39 is 0 Å². The predicted molar refractivity (Wildman–Crippen MR) is 39.7 cm³/mol.